The molecule has 0 spiro atoms. The monoisotopic (exact) mass is 447 g/mol. The molecule has 1 aliphatic rings. The van der Waals surface area contributed by atoms with Crippen molar-refractivity contribution < 1.29 is 14.3 Å². The van der Waals surface area contributed by atoms with Gasteiger partial charge in [-0.25, -0.2) is 9.97 Å². The van der Waals surface area contributed by atoms with E-state index in [1.165, 1.54) is 11.8 Å². The van der Waals surface area contributed by atoms with Gasteiger partial charge in [0.25, 0.3) is 5.91 Å². The van der Waals surface area contributed by atoms with E-state index in [9.17, 15) is 9.59 Å². The molecule has 8 heteroatoms. The molecule has 0 aliphatic carbocycles. The second kappa shape index (κ2) is 8.13. The Morgan fingerprint density at radius 3 is 2.84 bits per heavy atom. The molecule has 0 saturated carbocycles. The second-order valence-corrected chi connectivity index (χ2v) is 9.41. The van der Waals surface area contributed by atoms with Crippen LogP contribution in [-0.4, -0.2) is 33.5 Å². The highest BCUT2D eigenvalue weighted by Crippen LogP contribution is 2.38. The summed E-state index contributed by atoms with van der Waals surface area (Å²) < 4.78 is 5.37. The highest BCUT2D eigenvalue weighted by Gasteiger charge is 2.22. The number of aromatic nitrogens is 2. The Morgan fingerprint density at radius 1 is 1.16 bits per heavy atom. The maximum absolute atomic E-state index is 13.1. The van der Waals surface area contributed by atoms with Gasteiger partial charge in [0.2, 0.25) is 0 Å². The predicted molar refractivity (Wildman–Crippen MR) is 123 cm³/mol. The molecule has 31 heavy (non-hydrogen) atoms. The lowest BCUT2D eigenvalue weighted by Gasteiger charge is -2.19. The van der Waals surface area contributed by atoms with Crippen LogP contribution in [0.5, 0.6) is 5.75 Å². The van der Waals surface area contributed by atoms with Crippen molar-refractivity contribution in [3.05, 3.63) is 66.5 Å². The van der Waals surface area contributed by atoms with Crippen molar-refractivity contribution in [1.29, 1.82) is 0 Å². The van der Waals surface area contributed by atoms with Gasteiger partial charge in [-0.3, -0.25) is 9.59 Å². The number of thioether (sulfide) groups is 1. The van der Waals surface area contributed by atoms with E-state index in [0.29, 0.717) is 17.0 Å². The number of nitrogens with zero attached hydrogens (tertiary/aromatic N) is 2. The quantitative estimate of drug-likeness (QED) is 0.262. The van der Waals surface area contributed by atoms with E-state index in [1.807, 2.05) is 25.1 Å². The van der Waals surface area contributed by atoms with E-state index in [2.05, 4.69) is 33.5 Å². The van der Waals surface area contributed by atoms with Gasteiger partial charge >= 0.3 is 0 Å². The van der Waals surface area contributed by atoms with Gasteiger partial charge in [0, 0.05) is 15.8 Å². The van der Waals surface area contributed by atoms with Crippen molar-refractivity contribution in [2.24, 2.45) is 0 Å². The Morgan fingerprint density at radius 2 is 2.00 bits per heavy atom. The summed E-state index contributed by atoms with van der Waals surface area (Å²) in [5.74, 6) is 0.299. The van der Waals surface area contributed by atoms with E-state index >= 15 is 0 Å². The summed E-state index contributed by atoms with van der Waals surface area (Å²) >= 11 is 3.02. The summed E-state index contributed by atoms with van der Waals surface area (Å²) in [7, 11) is 0. The van der Waals surface area contributed by atoms with Crippen molar-refractivity contribution in [3.63, 3.8) is 0 Å². The van der Waals surface area contributed by atoms with Crippen LogP contribution in [0.1, 0.15) is 17.3 Å². The number of benzene rings is 2. The highest BCUT2D eigenvalue weighted by molar-refractivity contribution is 8.00. The van der Waals surface area contributed by atoms with Crippen LogP contribution >= 0.6 is 23.1 Å². The zero-order valence-electron chi connectivity index (χ0n) is 16.5. The van der Waals surface area contributed by atoms with E-state index in [1.54, 1.807) is 35.9 Å². The van der Waals surface area contributed by atoms with E-state index in [-0.39, 0.29) is 23.5 Å². The topological polar surface area (TPSA) is 81.2 Å². The molecular weight excluding hydrogens is 430 g/mol. The van der Waals surface area contributed by atoms with Gasteiger partial charge in [-0.2, -0.15) is 0 Å². The van der Waals surface area contributed by atoms with Gasteiger partial charge < -0.3 is 10.1 Å². The third-order valence-electron chi connectivity index (χ3n) is 4.91. The van der Waals surface area contributed by atoms with Crippen LogP contribution in [0.15, 0.2) is 66.0 Å². The summed E-state index contributed by atoms with van der Waals surface area (Å²) in [6, 6.07) is 17.3. The van der Waals surface area contributed by atoms with Crippen LogP contribution in [0.25, 0.3) is 20.7 Å². The average molecular weight is 448 g/mol. The molecule has 2 aromatic carbocycles. The number of rotatable bonds is 5. The number of anilines is 1. The minimum atomic E-state index is -0.364. The molecule has 1 unspecified atom stereocenters. The fourth-order valence-corrected chi connectivity index (χ4v) is 5.40. The van der Waals surface area contributed by atoms with Crippen molar-refractivity contribution >= 4 is 50.7 Å². The maximum Gasteiger partial charge on any atom is 0.262 e. The number of fused-ring (bicyclic) bond motifs is 2. The number of thiophene rings is 1. The molecule has 2 aromatic heterocycles. The first kappa shape index (κ1) is 19.7. The fraction of sp³-hybridized carbons (Fsp3) is 0.130. The molecule has 154 valence electrons. The number of amides is 1. The third kappa shape index (κ3) is 3.92. The van der Waals surface area contributed by atoms with Gasteiger partial charge in [-0.15, -0.1) is 11.3 Å². The van der Waals surface area contributed by atoms with Gasteiger partial charge in [-0.1, -0.05) is 42.1 Å². The first-order valence-corrected chi connectivity index (χ1v) is 11.4. The SMILES string of the molecule is CC(Sc1ncnc2sc(-c3ccccc3)cc12)C(=O)c1ccc2c(c1)NC(=O)CO2. The number of hydrogen-bond donors (Lipinski definition) is 1. The summed E-state index contributed by atoms with van der Waals surface area (Å²) in [5.41, 5.74) is 2.17. The number of ether oxygens (including phenoxy) is 1. The normalized spacial score (nSPS) is 13.9. The number of Topliss-reactive ketones (excluding diaryl/α,β-unsaturated/α-hetero) is 1. The summed E-state index contributed by atoms with van der Waals surface area (Å²) in [6.07, 6.45) is 1.54. The standard InChI is InChI=1S/C23H17N3O3S2/c1-13(21(28)15-7-8-18-17(9-15)26-20(27)11-29-18)30-22-16-10-19(14-5-3-2-4-6-14)31-23(16)25-12-24-22/h2-10,12-13H,11H2,1H3,(H,26,27). The molecule has 0 bridgehead atoms. The predicted octanol–water partition coefficient (Wildman–Crippen LogP) is 5.05. The average Bonchev–Trinajstić information content (AvgIpc) is 3.24. The second-order valence-electron chi connectivity index (χ2n) is 7.05. The largest absolute Gasteiger partial charge is 0.482 e. The molecular formula is C23H17N3O3S2. The molecule has 5 rings (SSSR count). The van der Waals surface area contributed by atoms with Crippen molar-refractivity contribution in [1.82, 2.24) is 9.97 Å². The van der Waals surface area contributed by atoms with Crippen molar-refractivity contribution in [2.45, 2.75) is 17.2 Å². The van der Waals surface area contributed by atoms with E-state index in [0.717, 1.165) is 25.7 Å². The Balaban J connectivity index is 1.41. The smallest absolute Gasteiger partial charge is 0.262 e. The van der Waals surface area contributed by atoms with Crippen LogP contribution in [-0.2, 0) is 4.79 Å². The Kier molecular flexibility index (Phi) is 5.17. The Bertz CT molecular complexity index is 1300. The molecule has 1 N–H and O–H groups in total. The first-order valence-electron chi connectivity index (χ1n) is 9.66. The Labute approximate surface area is 186 Å². The van der Waals surface area contributed by atoms with Crippen LogP contribution in [0, 0.1) is 0 Å². The van der Waals surface area contributed by atoms with Crippen molar-refractivity contribution in [2.75, 3.05) is 11.9 Å². The molecule has 4 aromatic rings. The lowest BCUT2D eigenvalue weighted by molar-refractivity contribution is -0.118. The molecule has 1 aliphatic heterocycles. The van der Waals surface area contributed by atoms with Crippen LogP contribution in [0.3, 0.4) is 0 Å². The third-order valence-corrected chi connectivity index (χ3v) is 7.11. The zero-order chi connectivity index (χ0) is 21.4. The summed E-state index contributed by atoms with van der Waals surface area (Å²) in [6.45, 7) is 1.85. The molecule has 0 saturated heterocycles. The maximum atomic E-state index is 13.1. The lowest BCUT2D eigenvalue weighted by atomic mass is 10.1. The fourth-order valence-electron chi connectivity index (χ4n) is 3.36. The number of carbonyl (C=O) groups excluding carboxylic acids is 2. The molecule has 3 heterocycles. The van der Waals surface area contributed by atoms with Crippen LogP contribution < -0.4 is 10.1 Å². The summed E-state index contributed by atoms with van der Waals surface area (Å²) in [5, 5.41) is 4.10. The first-order chi connectivity index (χ1) is 15.1. The number of nitrogens with one attached hydrogen (secondary N) is 1. The molecule has 6 nitrogen and oxygen atoms in total. The highest BCUT2D eigenvalue weighted by atomic mass is 32.2. The van der Waals surface area contributed by atoms with Crippen LogP contribution in [0.4, 0.5) is 5.69 Å². The number of hydrogen-bond acceptors (Lipinski definition) is 7. The number of carbonyl (C=O) groups is 2. The van der Waals surface area contributed by atoms with Gasteiger partial charge in [0.1, 0.15) is 21.9 Å². The molecule has 0 fully saturated rings. The van der Waals surface area contributed by atoms with Gasteiger partial charge in [0.05, 0.1) is 10.9 Å². The van der Waals surface area contributed by atoms with Gasteiger partial charge in [-0.05, 0) is 36.8 Å². The van der Waals surface area contributed by atoms with Crippen LogP contribution in [0.2, 0.25) is 0 Å². The van der Waals surface area contributed by atoms with Gasteiger partial charge in [0.15, 0.2) is 12.4 Å². The molecule has 1 amide bonds. The van der Waals surface area contributed by atoms with E-state index < -0.39 is 0 Å². The minimum absolute atomic E-state index is 0.0120. The number of ketones is 1. The molecule has 1 atom stereocenters. The Hall–Kier alpha value is -3.23. The minimum Gasteiger partial charge on any atom is -0.482 e. The molecule has 0 radical (unpaired) electrons. The summed E-state index contributed by atoms with van der Waals surface area (Å²) in [4.78, 5) is 35.5. The zero-order valence-corrected chi connectivity index (χ0v) is 18.1. The lowest BCUT2D eigenvalue weighted by Crippen LogP contribution is -2.25. The van der Waals surface area contributed by atoms with Crippen molar-refractivity contribution in [3.8, 4) is 16.2 Å². The van der Waals surface area contributed by atoms with E-state index in [4.69, 9.17) is 4.74 Å².